The van der Waals surface area contributed by atoms with Gasteiger partial charge in [0.2, 0.25) is 0 Å². The van der Waals surface area contributed by atoms with Gasteiger partial charge in [-0.3, -0.25) is 9.46 Å². The Labute approximate surface area is 64.2 Å². The summed E-state index contributed by atoms with van der Waals surface area (Å²) in [6.07, 6.45) is 0. The number of Topliss-reactive ketones (excluding diaryl/α,β-unsaturated/α-hetero) is 1. The van der Waals surface area contributed by atoms with Crippen LogP contribution in [0, 0.1) is 11.8 Å². The molecule has 0 aromatic heterocycles. The molecule has 58 valence electrons. The second-order valence-electron chi connectivity index (χ2n) is 3.15. The van der Waals surface area contributed by atoms with E-state index >= 15 is 0 Å². The molecule has 10 heavy (non-hydrogen) atoms. The predicted molar refractivity (Wildman–Crippen MR) is 44.6 cm³/mol. The summed E-state index contributed by atoms with van der Waals surface area (Å²) in [4.78, 5) is 11.0. The molecule has 1 aliphatic rings. The Morgan fingerprint density at radius 1 is 1.60 bits per heavy atom. The number of carbonyl (C=O) groups is 1. The number of carbonyl (C=O) groups excluding carboxylic acids is 1. The highest BCUT2D eigenvalue weighted by atomic mass is 31.0. The van der Waals surface area contributed by atoms with Crippen molar-refractivity contribution in [2.45, 2.75) is 13.8 Å². The second kappa shape index (κ2) is 2.98. The van der Waals surface area contributed by atoms with Crippen molar-refractivity contribution < 1.29 is 4.79 Å². The fraction of sp³-hybridized carbons (Fsp3) is 0.857. The van der Waals surface area contributed by atoms with Crippen LogP contribution < -0.4 is 0 Å². The van der Waals surface area contributed by atoms with Gasteiger partial charge in [0.1, 0.15) is 5.78 Å². The van der Waals surface area contributed by atoms with Gasteiger partial charge < -0.3 is 0 Å². The lowest BCUT2D eigenvalue weighted by atomic mass is 9.95. The van der Waals surface area contributed by atoms with Gasteiger partial charge >= 0.3 is 0 Å². The normalized spacial score (nSPS) is 34.7. The van der Waals surface area contributed by atoms with Crippen LogP contribution in [0.2, 0.25) is 0 Å². The van der Waals surface area contributed by atoms with Crippen LogP contribution in [-0.2, 0) is 4.79 Å². The first-order valence-corrected chi connectivity index (χ1v) is 4.13. The van der Waals surface area contributed by atoms with E-state index in [0.717, 1.165) is 13.1 Å². The molecule has 0 radical (unpaired) electrons. The smallest absolute Gasteiger partial charge is 0.134 e. The van der Waals surface area contributed by atoms with E-state index in [1.165, 1.54) is 0 Å². The summed E-state index contributed by atoms with van der Waals surface area (Å²) in [5.74, 6) is 1.14. The van der Waals surface area contributed by atoms with Crippen LogP contribution >= 0.6 is 9.39 Å². The largest absolute Gasteiger partial charge is 0.300 e. The summed E-state index contributed by atoms with van der Waals surface area (Å²) in [5.41, 5.74) is 0. The number of rotatable bonds is 1. The minimum atomic E-state index is 0.275. The van der Waals surface area contributed by atoms with E-state index in [9.17, 15) is 4.79 Å². The van der Waals surface area contributed by atoms with Crippen molar-refractivity contribution in [2.75, 3.05) is 13.1 Å². The maximum atomic E-state index is 11.0. The van der Waals surface area contributed by atoms with Crippen molar-refractivity contribution in [2.24, 2.45) is 11.8 Å². The predicted octanol–water partition coefficient (Wildman–Crippen LogP) is 0.933. The molecule has 0 bridgehead atoms. The number of nitrogens with zero attached hydrogens (tertiary/aromatic N) is 1. The van der Waals surface area contributed by atoms with Crippen molar-refractivity contribution in [3.8, 4) is 0 Å². The summed E-state index contributed by atoms with van der Waals surface area (Å²) in [6, 6.07) is 0. The molecule has 0 amide bonds. The molecule has 0 N–H and O–H groups in total. The molecule has 2 nitrogen and oxygen atoms in total. The van der Waals surface area contributed by atoms with E-state index in [2.05, 4.69) is 21.0 Å². The Kier molecular flexibility index (Phi) is 2.43. The Hall–Kier alpha value is 0.0600. The van der Waals surface area contributed by atoms with Gasteiger partial charge in [-0.2, -0.15) is 0 Å². The Morgan fingerprint density at radius 2 is 2.20 bits per heavy atom. The summed E-state index contributed by atoms with van der Waals surface area (Å²) < 4.78 is 2.14. The summed E-state index contributed by atoms with van der Waals surface area (Å²) in [5, 5.41) is 0. The van der Waals surface area contributed by atoms with E-state index < -0.39 is 0 Å². The monoisotopic (exact) mass is 159 g/mol. The zero-order valence-electron chi connectivity index (χ0n) is 6.50. The van der Waals surface area contributed by atoms with Gasteiger partial charge in [-0.25, -0.2) is 0 Å². The topological polar surface area (TPSA) is 20.3 Å². The number of hydrogen-bond donors (Lipinski definition) is 0. The molecule has 1 rings (SSSR count). The zero-order valence-corrected chi connectivity index (χ0v) is 7.66. The van der Waals surface area contributed by atoms with Crippen LogP contribution in [0.4, 0.5) is 0 Å². The van der Waals surface area contributed by atoms with Gasteiger partial charge in [0.05, 0.1) is 0 Å². The summed E-state index contributed by atoms with van der Waals surface area (Å²) in [7, 11) is 2.65. The van der Waals surface area contributed by atoms with Crippen molar-refractivity contribution >= 4 is 15.2 Å². The molecule has 3 atom stereocenters. The van der Waals surface area contributed by atoms with E-state index in [4.69, 9.17) is 0 Å². The minimum absolute atomic E-state index is 0.275. The molecular formula is C7H14NOP. The third-order valence-corrected chi connectivity index (χ3v) is 2.58. The van der Waals surface area contributed by atoms with Gasteiger partial charge in [0.15, 0.2) is 0 Å². The Balaban J connectivity index is 2.54. The molecular weight excluding hydrogens is 145 g/mol. The van der Waals surface area contributed by atoms with E-state index in [-0.39, 0.29) is 5.92 Å². The van der Waals surface area contributed by atoms with Crippen molar-refractivity contribution in [3.05, 3.63) is 0 Å². The van der Waals surface area contributed by atoms with Crippen LogP contribution in [0.5, 0.6) is 0 Å². The summed E-state index contributed by atoms with van der Waals surface area (Å²) in [6.45, 7) is 5.78. The molecule has 0 spiro atoms. The molecule has 1 unspecified atom stereocenters. The Bertz CT molecular complexity index is 149. The molecule has 3 heteroatoms. The highest BCUT2D eigenvalue weighted by Gasteiger charge is 2.30. The van der Waals surface area contributed by atoms with Gasteiger partial charge in [0, 0.05) is 19.0 Å². The van der Waals surface area contributed by atoms with Crippen LogP contribution in [0.25, 0.3) is 0 Å². The van der Waals surface area contributed by atoms with Crippen LogP contribution in [0.3, 0.4) is 0 Å². The SMILES string of the molecule is CC(=O)[C@H]1CN(P)C[C@H]1C. The van der Waals surface area contributed by atoms with Gasteiger partial charge in [-0.05, 0) is 12.8 Å². The molecule has 0 aliphatic carbocycles. The third kappa shape index (κ3) is 1.56. The van der Waals surface area contributed by atoms with Gasteiger partial charge in [0.25, 0.3) is 0 Å². The molecule has 0 aromatic carbocycles. The summed E-state index contributed by atoms with van der Waals surface area (Å²) >= 11 is 0. The van der Waals surface area contributed by atoms with E-state index in [1.807, 2.05) is 0 Å². The first kappa shape index (κ1) is 8.16. The minimum Gasteiger partial charge on any atom is -0.300 e. The molecule has 1 aliphatic heterocycles. The lowest BCUT2D eigenvalue weighted by Gasteiger charge is -2.07. The third-order valence-electron chi connectivity index (χ3n) is 2.16. The molecule has 0 aromatic rings. The van der Waals surface area contributed by atoms with Crippen molar-refractivity contribution in [3.63, 3.8) is 0 Å². The molecule has 1 saturated heterocycles. The molecule has 1 heterocycles. The highest BCUT2D eigenvalue weighted by molar-refractivity contribution is 7.13. The van der Waals surface area contributed by atoms with Crippen molar-refractivity contribution in [1.82, 2.24) is 4.67 Å². The van der Waals surface area contributed by atoms with Crippen LogP contribution in [0.15, 0.2) is 0 Å². The lowest BCUT2D eigenvalue weighted by Crippen LogP contribution is -2.17. The maximum absolute atomic E-state index is 11.0. The van der Waals surface area contributed by atoms with Gasteiger partial charge in [-0.1, -0.05) is 16.3 Å². The fourth-order valence-electron chi connectivity index (χ4n) is 1.53. The van der Waals surface area contributed by atoms with Crippen LogP contribution in [-0.4, -0.2) is 23.5 Å². The average Bonchev–Trinajstić information content (AvgIpc) is 2.10. The number of hydrogen-bond acceptors (Lipinski definition) is 2. The van der Waals surface area contributed by atoms with E-state index in [1.54, 1.807) is 6.92 Å². The van der Waals surface area contributed by atoms with Crippen molar-refractivity contribution in [1.29, 1.82) is 0 Å². The fourth-order valence-corrected chi connectivity index (χ4v) is 2.09. The maximum Gasteiger partial charge on any atom is 0.134 e. The van der Waals surface area contributed by atoms with Gasteiger partial charge in [-0.15, -0.1) is 0 Å². The lowest BCUT2D eigenvalue weighted by molar-refractivity contribution is -0.121. The Morgan fingerprint density at radius 3 is 2.40 bits per heavy atom. The zero-order chi connectivity index (χ0) is 7.72. The first-order valence-electron chi connectivity index (χ1n) is 3.61. The highest BCUT2D eigenvalue weighted by Crippen LogP contribution is 2.25. The van der Waals surface area contributed by atoms with E-state index in [0.29, 0.717) is 11.7 Å². The van der Waals surface area contributed by atoms with Crippen LogP contribution in [0.1, 0.15) is 13.8 Å². The molecule has 1 fully saturated rings. The second-order valence-corrected chi connectivity index (χ2v) is 3.88. The molecule has 0 saturated carbocycles. The average molecular weight is 159 g/mol. The standard InChI is InChI=1S/C7H14NOP/c1-5-3-8(10)4-7(5)6(2)9/h5,7H,3-4,10H2,1-2H3/t5-,7+/m1/s1. The number of ketones is 1. The first-order chi connectivity index (χ1) is 4.61. The quantitative estimate of drug-likeness (QED) is 0.530.